The number of likely N-dealkylation sites (N-methyl/N-ethyl adjacent to an activating group) is 1. The molecule has 0 saturated heterocycles. The van der Waals surface area contributed by atoms with E-state index in [1.807, 2.05) is 0 Å². The van der Waals surface area contributed by atoms with Crippen molar-refractivity contribution in [1.82, 2.24) is 5.32 Å². The lowest BCUT2D eigenvalue weighted by atomic mass is 10.0. The predicted molar refractivity (Wildman–Crippen MR) is 71.2 cm³/mol. The maximum absolute atomic E-state index is 5.80. The standard InChI is InChI=1S/C13H23NOS/c1-4-13(15-6-3)12(14-5-2)9-11-7-8-16-10-11/h7-8,10,12-14H,4-6,9H2,1-3H3. The summed E-state index contributed by atoms with van der Waals surface area (Å²) in [6, 6.07) is 2.64. The molecule has 2 atom stereocenters. The van der Waals surface area contributed by atoms with E-state index in [1.165, 1.54) is 5.56 Å². The van der Waals surface area contributed by atoms with Gasteiger partial charge in [-0.15, -0.1) is 0 Å². The van der Waals surface area contributed by atoms with Crippen molar-refractivity contribution in [1.29, 1.82) is 0 Å². The van der Waals surface area contributed by atoms with E-state index in [0.29, 0.717) is 12.1 Å². The third-order valence-electron chi connectivity index (χ3n) is 2.73. The molecule has 2 unspecified atom stereocenters. The van der Waals surface area contributed by atoms with Crippen LogP contribution in [0.1, 0.15) is 32.8 Å². The fourth-order valence-corrected chi connectivity index (χ4v) is 2.67. The van der Waals surface area contributed by atoms with Gasteiger partial charge in [-0.3, -0.25) is 0 Å². The molecule has 0 aliphatic carbocycles. The van der Waals surface area contributed by atoms with Crippen molar-refractivity contribution < 1.29 is 4.74 Å². The van der Waals surface area contributed by atoms with Crippen molar-refractivity contribution in [2.45, 2.75) is 45.8 Å². The summed E-state index contributed by atoms with van der Waals surface area (Å²) < 4.78 is 5.80. The fourth-order valence-electron chi connectivity index (χ4n) is 1.99. The molecule has 0 aliphatic heterocycles. The number of hydrogen-bond acceptors (Lipinski definition) is 3. The molecule has 1 rings (SSSR count). The Morgan fingerprint density at radius 3 is 2.69 bits per heavy atom. The molecule has 2 nitrogen and oxygen atoms in total. The van der Waals surface area contributed by atoms with Gasteiger partial charge in [0.15, 0.2) is 0 Å². The monoisotopic (exact) mass is 241 g/mol. The molecule has 0 radical (unpaired) electrons. The van der Waals surface area contributed by atoms with Crippen molar-refractivity contribution in [2.24, 2.45) is 0 Å². The summed E-state index contributed by atoms with van der Waals surface area (Å²) >= 11 is 1.76. The van der Waals surface area contributed by atoms with Crippen LogP contribution in [0.3, 0.4) is 0 Å². The molecule has 3 heteroatoms. The minimum absolute atomic E-state index is 0.324. The van der Waals surface area contributed by atoms with Gasteiger partial charge in [0.05, 0.1) is 6.10 Å². The lowest BCUT2D eigenvalue weighted by Gasteiger charge is -2.26. The summed E-state index contributed by atoms with van der Waals surface area (Å²) in [6.45, 7) is 8.20. The second-order valence-corrected chi connectivity index (χ2v) is 4.68. The highest BCUT2D eigenvalue weighted by Gasteiger charge is 2.19. The molecule has 0 fully saturated rings. The highest BCUT2D eigenvalue weighted by molar-refractivity contribution is 7.07. The van der Waals surface area contributed by atoms with Crippen molar-refractivity contribution in [3.8, 4) is 0 Å². The lowest BCUT2D eigenvalue weighted by Crippen LogP contribution is -2.42. The molecule has 0 bridgehead atoms. The molecule has 1 aromatic heterocycles. The van der Waals surface area contributed by atoms with Gasteiger partial charge in [0.2, 0.25) is 0 Å². The molecule has 16 heavy (non-hydrogen) atoms. The molecule has 1 aromatic rings. The number of rotatable bonds is 8. The molecule has 0 aromatic carbocycles. The zero-order valence-corrected chi connectivity index (χ0v) is 11.3. The van der Waals surface area contributed by atoms with E-state index in [-0.39, 0.29) is 0 Å². The SMILES string of the molecule is CCNC(Cc1ccsc1)C(CC)OCC. The summed E-state index contributed by atoms with van der Waals surface area (Å²) in [5.41, 5.74) is 1.41. The molecular formula is C13H23NOS. The number of thiophene rings is 1. The van der Waals surface area contributed by atoms with Gasteiger partial charge in [0.1, 0.15) is 0 Å². The van der Waals surface area contributed by atoms with Gasteiger partial charge < -0.3 is 10.1 Å². The largest absolute Gasteiger partial charge is 0.377 e. The van der Waals surface area contributed by atoms with Gasteiger partial charge in [-0.05, 0) is 48.7 Å². The predicted octanol–water partition coefficient (Wildman–Crippen LogP) is 3.08. The molecule has 0 amide bonds. The minimum atomic E-state index is 0.324. The zero-order chi connectivity index (χ0) is 11.8. The number of nitrogens with one attached hydrogen (secondary N) is 1. The Balaban J connectivity index is 2.57. The highest BCUT2D eigenvalue weighted by Crippen LogP contribution is 2.14. The summed E-state index contributed by atoms with van der Waals surface area (Å²) in [6.07, 6.45) is 2.45. The molecule has 0 spiro atoms. The van der Waals surface area contributed by atoms with E-state index in [0.717, 1.165) is 26.0 Å². The van der Waals surface area contributed by atoms with Crippen LogP contribution in [0.4, 0.5) is 0 Å². The van der Waals surface area contributed by atoms with Crippen molar-refractivity contribution >= 4 is 11.3 Å². The van der Waals surface area contributed by atoms with Crippen LogP contribution in [0.2, 0.25) is 0 Å². The number of hydrogen-bond donors (Lipinski definition) is 1. The van der Waals surface area contributed by atoms with Gasteiger partial charge in [-0.1, -0.05) is 13.8 Å². The van der Waals surface area contributed by atoms with E-state index >= 15 is 0 Å². The summed E-state index contributed by atoms with van der Waals surface area (Å²) in [7, 11) is 0. The third kappa shape index (κ3) is 4.24. The Bertz CT molecular complexity index is 261. The Labute approximate surface area is 103 Å². The van der Waals surface area contributed by atoms with E-state index < -0.39 is 0 Å². The van der Waals surface area contributed by atoms with Crippen LogP contribution in [0.25, 0.3) is 0 Å². The first-order valence-electron chi connectivity index (χ1n) is 6.17. The topological polar surface area (TPSA) is 21.3 Å². The first-order valence-corrected chi connectivity index (χ1v) is 7.12. The molecule has 1 N–H and O–H groups in total. The first-order chi connectivity index (χ1) is 7.81. The molecule has 0 aliphatic rings. The quantitative estimate of drug-likeness (QED) is 0.755. The molecular weight excluding hydrogens is 218 g/mol. The van der Waals surface area contributed by atoms with E-state index in [2.05, 4.69) is 42.9 Å². The summed E-state index contributed by atoms with van der Waals surface area (Å²) in [5.74, 6) is 0. The second kappa shape index (κ2) is 7.82. The van der Waals surface area contributed by atoms with Crippen molar-refractivity contribution in [3.63, 3.8) is 0 Å². The highest BCUT2D eigenvalue weighted by atomic mass is 32.1. The van der Waals surface area contributed by atoms with Crippen molar-refractivity contribution in [3.05, 3.63) is 22.4 Å². The normalized spacial score (nSPS) is 14.9. The van der Waals surface area contributed by atoms with Gasteiger partial charge >= 0.3 is 0 Å². The Morgan fingerprint density at radius 2 is 2.19 bits per heavy atom. The summed E-state index contributed by atoms with van der Waals surface area (Å²) in [5, 5.41) is 7.90. The molecule has 1 heterocycles. The van der Waals surface area contributed by atoms with E-state index in [4.69, 9.17) is 4.74 Å². The second-order valence-electron chi connectivity index (χ2n) is 3.90. The smallest absolute Gasteiger partial charge is 0.0728 e. The first kappa shape index (κ1) is 13.7. The van der Waals surface area contributed by atoms with Crippen LogP contribution in [-0.4, -0.2) is 25.3 Å². The van der Waals surface area contributed by atoms with Crippen LogP contribution in [0.15, 0.2) is 16.8 Å². The van der Waals surface area contributed by atoms with Crippen LogP contribution in [-0.2, 0) is 11.2 Å². The van der Waals surface area contributed by atoms with Crippen LogP contribution < -0.4 is 5.32 Å². The fraction of sp³-hybridized carbons (Fsp3) is 0.692. The van der Waals surface area contributed by atoms with Crippen LogP contribution >= 0.6 is 11.3 Å². The average molecular weight is 241 g/mol. The Morgan fingerprint density at radius 1 is 1.38 bits per heavy atom. The molecule has 0 saturated carbocycles. The Hall–Kier alpha value is -0.380. The van der Waals surface area contributed by atoms with E-state index in [1.54, 1.807) is 11.3 Å². The van der Waals surface area contributed by atoms with Gasteiger partial charge in [0.25, 0.3) is 0 Å². The average Bonchev–Trinajstić information content (AvgIpc) is 2.78. The molecule has 92 valence electrons. The number of ether oxygens (including phenoxy) is 1. The van der Waals surface area contributed by atoms with Crippen molar-refractivity contribution in [2.75, 3.05) is 13.2 Å². The minimum Gasteiger partial charge on any atom is -0.377 e. The van der Waals surface area contributed by atoms with E-state index in [9.17, 15) is 0 Å². The van der Waals surface area contributed by atoms with Gasteiger partial charge in [0, 0.05) is 12.6 Å². The maximum atomic E-state index is 5.80. The zero-order valence-electron chi connectivity index (χ0n) is 10.5. The lowest BCUT2D eigenvalue weighted by molar-refractivity contribution is 0.0324. The van der Waals surface area contributed by atoms with Crippen LogP contribution in [0, 0.1) is 0 Å². The third-order valence-corrected chi connectivity index (χ3v) is 3.47. The summed E-state index contributed by atoms with van der Waals surface area (Å²) in [4.78, 5) is 0. The Kier molecular flexibility index (Phi) is 6.69. The van der Waals surface area contributed by atoms with Crippen LogP contribution in [0.5, 0.6) is 0 Å². The van der Waals surface area contributed by atoms with Gasteiger partial charge in [-0.2, -0.15) is 11.3 Å². The van der Waals surface area contributed by atoms with Gasteiger partial charge in [-0.25, -0.2) is 0 Å². The maximum Gasteiger partial charge on any atom is 0.0728 e.